The van der Waals surface area contributed by atoms with Gasteiger partial charge in [0.2, 0.25) is 15.9 Å². The van der Waals surface area contributed by atoms with E-state index in [1.807, 2.05) is 6.07 Å². The van der Waals surface area contributed by atoms with Gasteiger partial charge in [0.1, 0.15) is 0 Å². The van der Waals surface area contributed by atoms with Gasteiger partial charge >= 0.3 is 0 Å². The van der Waals surface area contributed by atoms with Crippen LogP contribution in [0.1, 0.15) is 17.3 Å². The van der Waals surface area contributed by atoms with Gasteiger partial charge in [-0.1, -0.05) is 18.5 Å². The zero-order valence-electron chi connectivity index (χ0n) is 14.6. The van der Waals surface area contributed by atoms with Crippen molar-refractivity contribution in [3.8, 4) is 0 Å². The summed E-state index contributed by atoms with van der Waals surface area (Å²) < 4.78 is 25.2. The van der Waals surface area contributed by atoms with Crippen molar-refractivity contribution in [3.63, 3.8) is 0 Å². The maximum atomic E-state index is 12.6. The van der Waals surface area contributed by atoms with E-state index in [2.05, 4.69) is 15.5 Å². The Morgan fingerprint density at radius 1 is 1.29 bits per heavy atom. The number of carbonyl (C=O) groups is 2. The second-order valence-corrected chi connectivity index (χ2v) is 8.84. The molecule has 1 aliphatic heterocycles. The zero-order chi connectivity index (χ0) is 20.1. The van der Waals surface area contributed by atoms with Crippen molar-refractivity contribution >= 4 is 55.7 Å². The Balaban J connectivity index is 1.60. The van der Waals surface area contributed by atoms with Gasteiger partial charge in [0.25, 0.3) is 5.91 Å². The molecule has 1 atom stereocenters. The first kappa shape index (κ1) is 18.5. The molecule has 0 saturated carbocycles. The first-order chi connectivity index (χ1) is 13.3. The molecule has 1 unspecified atom stereocenters. The molecular weight excluding hydrogens is 404 g/mol. The summed E-state index contributed by atoms with van der Waals surface area (Å²) in [6.45, 7) is 1.56. The number of anilines is 2. The van der Waals surface area contributed by atoms with Gasteiger partial charge in [0.15, 0.2) is 0 Å². The third kappa shape index (κ3) is 3.12. The number of benzene rings is 2. The number of halogens is 1. The lowest BCUT2D eigenvalue weighted by Gasteiger charge is -2.16. The van der Waals surface area contributed by atoms with Crippen LogP contribution >= 0.6 is 11.6 Å². The minimum Gasteiger partial charge on any atom is -0.322 e. The molecule has 1 fully saturated rings. The number of rotatable bonds is 3. The number of nitrogens with zero attached hydrogens (tertiary/aromatic N) is 2. The molecular formula is C18H15ClN4O4S. The fourth-order valence-corrected chi connectivity index (χ4v) is 5.19. The molecule has 0 bridgehead atoms. The number of fused-ring (bicyclic) bond motifs is 1. The molecule has 0 spiro atoms. The Bertz CT molecular complexity index is 1220. The number of carbonyl (C=O) groups excluding carboxylic acids is 2. The summed E-state index contributed by atoms with van der Waals surface area (Å²) in [5.41, 5.74) is 1.60. The number of hydrogen-bond donors (Lipinski definition) is 2. The predicted octanol–water partition coefficient (Wildman–Crippen LogP) is 2.78. The number of hydrogen-bond acceptors (Lipinski definition) is 5. The molecule has 1 aromatic heterocycles. The van der Waals surface area contributed by atoms with Gasteiger partial charge in [-0.3, -0.25) is 14.7 Å². The Labute approximate surface area is 165 Å². The highest BCUT2D eigenvalue weighted by molar-refractivity contribution is 7.94. The third-order valence-electron chi connectivity index (χ3n) is 4.49. The minimum atomic E-state index is -3.74. The highest BCUT2D eigenvalue weighted by Crippen LogP contribution is 2.31. The van der Waals surface area contributed by atoms with Crippen LogP contribution in [0.25, 0.3) is 10.9 Å². The van der Waals surface area contributed by atoms with Crippen LogP contribution in [-0.4, -0.2) is 36.2 Å². The van der Waals surface area contributed by atoms with E-state index in [0.29, 0.717) is 5.69 Å². The molecule has 2 aromatic carbocycles. The molecule has 2 N–H and O–H groups in total. The second kappa shape index (κ2) is 6.61. The quantitative estimate of drug-likeness (QED) is 0.679. The van der Waals surface area contributed by atoms with Crippen molar-refractivity contribution in [2.24, 2.45) is 5.92 Å². The van der Waals surface area contributed by atoms with E-state index < -0.39 is 27.8 Å². The van der Waals surface area contributed by atoms with Crippen molar-refractivity contribution in [1.29, 1.82) is 0 Å². The average Bonchev–Trinajstić information content (AvgIpc) is 3.16. The van der Waals surface area contributed by atoms with Gasteiger partial charge in [0, 0.05) is 11.1 Å². The van der Waals surface area contributed by atoms with Crippen molar-refractivity contribution < 1.29 is 18.0 Å². The van der Waals surface area contributed by atoms with Crippen LogP contribution in [0.5, 0.6) is 0 Å². The first-order valence-corrected chi connectivity index (χ1v) is 10.4. The summed E-state index contributed by atoms with van der Waals surface area (Å²) in [7, 11) is -3.74. The van der Waals surface area contributed by atoms with Crippen molar-refractivity contribution in [2.75, 3.05) is 15.4 Å². The maximum absolute atomic E-state index is 12.6. The Hall–Kier alpha value is -2.91. The van der Waals surface area contributed by atoms with Crippen LogP contribution in [0, 0.1) is 5.92 Å². The summed E-state index contributed by atoms with van der Waals surface area (Å²) in [4.78, 5) is 24.8. The van der Waals surface area contributed by atoms with E-state index in [-0.39, 0.29) is 22.0 Å². The molecule has 2 amide bonds. The standard InChI is InChI=1S/C18H15ClN4O4S/c1-10-9-28(26,27)23(18(10)25)13-4-5-14(15(19)7-13)17(24)21-12-3-2-11-8-20-22-16(11)6-12/h2-8,10H,9H2,1H3,(H,20,22)(H,21,24). The lowest BCUT2D eigenvalue weighted by molar-refractivity contribution is -0.119. The van der Waals surface area contributed by atoms with Gasteiger partial charge in [-0.15, -0.1) is 0 Å². The largest absolute Gasteiger partial charge is 0.322 e. The molecule has 8 nitrogen and oxygen atoms in total. The molecule has 2 heterocycles. The Morgan fingerprint density at radius 2 is 2.07 bits per heavy atom. The van der Waals surface area contributed by atoms with E-state index in [0.717, 1.165) is 15.2 Å². The van der Waals surface area contributed by atoms with Crippen LogP contribution in [0.3, 0.4) is 0 Å². The van der Waals surface area contributed by atoms with Gasteiger partial charge < -0.3 is 5.32 Å². The number of nitrogens with one attached hydrogen (secondary N) is 2. The zero-order valence-corrected chi connectivity index (χ0v) is 16.2. The van der Waals surface area contributed by atoms with Crippen LogP contribution in [-0.2, 0) is 14.8 Å². The minimum absolute atomic E-state index is 0.0418. The molecule has 144 valence electrons. The normalized spacial score (nSPS) is 18.6. The molecule has 1 saturated heterocycles. The van der Waals surface area contributed by atoms with E-state index in [1.54, 1.807) is 25.3 Å². The number of amides is 2. The predicted molar refractivity (Wildman–Crippen MR) is 106 cm³/mol. The Morgan fingerprint density at radius 3 is 2.75 bits per heavy atom. The van der Waals surface area contributed by atoms with Gasteiger partial charge in [-0.05, 0) is 36.4 Å². The monoisotopic (exact) mass is 418 g/mol. The van der Waals surface area contributed by atoms with E-state index in [1.165, 1.54) is 18.2 Å². The highest BCUT2D eigenvalue weighted by atomic mass is 35.5. The summed E-state index contributed by atoms with van der Waals surface area (Å²) >= 11 is 6.21. The second-order valence-electron chi connectivity index (χ2n) is 6.57. The van der Waals surface area contributed by atoms with E-state index in [9.17, 15) is 18.0 Å². The third-order valence-corrected chi connectivity index (χ3v) is 6.67. The maximum Gasteiger partial charge on any atom is 0.257 e. The number of aromatic nitrogens is 2. The summed E-state index contributed by atoms with van der Waals surface area (Å²) in [6.07, 6.45) is 1.67. The Kier molecular flexibility index (Phi) is 4.35. The molecule has 0 aliphatic carbocycles. The summed E-state index contributed by atoms with van der Waals surface area (Å²) in [5, 5.41) is 10.4. The molecule has 1 aliphatic rings. The topological polar surface area (TPSA) is 112 Å². The van der Waals surface area contributed by atoms with Crippen LogP contribution in [0.2, 0.25) is 5.02 Å². The fourth-order valence-electron chi connectivity index (χ4n) is 3.11. The summed E-state index contributed by atoms with van der Waals surface area (Å²) in [5.74, 6) is -1.84. The smallest absolute Gasteiger partial charge is 0.257 e. The molecule has 28 heavy (non-hydrogen) atoms. The lowest BCUT2D eigenvalue weighted by Crippen LogP contribution is -2.30. The first-order valence-electron chi connectivity index (χ1n) is 8.37. The number of aromatic amines is 1. The number of H-pyrrole nitrogens is 1. The van der Waals surface area contributed by atoms with Crippen LogP contribution < -0.4 is 9.62 Å². The molecule has 10 heteroatoms. The lowest BCUT2D eigenvalue weighted by atomic mass is 10.1. The average molecular weight is 419 g/mol. The van der Waals surface area contributed by atoms with Crippen LogP contribution in [0.15, 0.2) is 42.6 Å². The fraction of sp³-hybridized carbons (Fsp3) is 0.167. The van der Waals surface area contributed by atoms with Crippen LogP contribution in [0.4, 0.5) is 11.4 Å². The highest BCUT2D eigenvalue weighted by Gasteiger charge is 2.42. The van der Waals surface area contributed by atoms with E-state index >= 15 is 0 Å². The van der Waals surface area contributed by atoms with Crippen molar-refractivity contribution in [2.45, 2.75) is 6.92 Å². The molecule has 3 aromatic rings. The summed E-state index contributed by atoms with van der Waals surface area (Å²) in [6, 6.07) is 9.38. The number of sulfonamides is 1. The van der Waals surface area contributed by atoms with Gasteiger partial charge in [-0.25, -0.2) is 12.7 Å². The van der Waals surface area contributed by atoms with E-state index in [4.69, 9.17) is 11.6 Å². The SMILES string of the molecule is CC1CS(=O)(=O)N(c2ccc(C(=O)Nc3ccc4cn[nH]c4c3)c(Cl)c2)C1=O. The van der Waals surface area contributed by atoms with Gasteiger partial charge in [0.05, 0.1) is 39.7 Å². The molecule has 4 rings (SSSR count). The van der Waals surface area contributed by atoms with Crippen molar-refractivity contribution in [1.82, 2.24) is 10.2 Å². The van der Waals surface area contributed by atoms with Crippen molar-refractivity contribution in [3.05, 3.63) is 53.2 Å². The molecule has 0 radical (unpaired) electrons. The van der Waals surface area contributed by atoms with Gasteiger partial charge in [-0.2, -0.15) is 5.10 Å².